The lowest BCUT2D eigenvalue weighted by molar-refractivity contribution is -0.140. The third kappa shape index (κ3) is 4.39. The molecule has 1 aliphatic rings. The minimum Gasteiger partial charge on any atom is -0.507 e. The number of aryl methyl sites for hydroxylation is 1. The molecule has 1 N–H and O–H groups in total. The molecule has 0 radical (unpaired) electrons. The van der Waals surface area contributed by atoms with Crippen molar-refractivity contribution in [2.75, 3.05) is 26.9 Å². The van der Waals surface area contributed by atoms with E-state index in [1.54, 1.807) is 31.4 Å². The molecule has 1 atom stereocenters. The molecule has 0 bridgehead atoms. The van der Waals surface area contributed by atoms with E-state index in [1.807, 2.05) is 38.1 Å². The van der Waals surface area contributed by atoms with E-state index in [0.29, 0.717) is 37.5 Å². The van der Waals surface area contributed by atoms with Crippen LogP contribution in [0.3, 0.4) is 0 Å². The summed E-state index contributed by atoms with van der Waals surface area (Å²) >= 11 is 0. The van der Waals surface area contributed by atoms with E-state index >= 15 is 0 Å². The normalized spacial score (nSPS) is 18.1. The van der Waals surface area contributed by atoms with Crippen molar-refractivity contribution in [2.45, 2.75) is 26.3 Å². The largest absolute Gasteiger partial charge is 0.507 e. The standard InChI is InChI=1S/C24H27NO5/c1-4-30-19-12-10-17(11-13-19)21-20(22(26)18-8-6-16(2)7-9-18)23(27)24(28)25(21)14-5-15-29-3/h6-13,21,26H,4-5,14-15H2,1-3H3/b22-20+/t21-/m0/s1. The highest BCUT2D eigenvalue weighted by Gasteiger charge is 2.45. The predicted octanol–water partition coefficient (Wildman–Crippen LogP) is 3.85. The molecule has 0 aliphatic carbocycles. The number of rotatable bonds is 8. The minimum atomic E-state index is -0.677. The number of ketones is 1. The Morgan fingerprint density at radius 2 is 1.73 bits per heavy atom. The minimum absolute atomic E-state index is 0.102. The Labute approximate surface area is 176 Å². The van der Waals surface area contributed by atoms with Gasteiger partial charge < -0.3 is 19.5 Å². The third-order valence-electron chi connectivity index (χ3n) is 5.12. The second-order valence-electron chi connectivity index (χ2n) is 7.21. The second kappa shape index (κ2) is 9.59. The molecule has 0 saturated carbocycles. The van der Waals surface area contributed by atoms with Crippen LogP contribution < -0.4 is 4.74 Å². The molecule has 3 rings (SSSR count). The summed E-state index contributed by atoms with van der Waals surface area (Å²) in [5.41, 5.74) is 2.38. The number of carbonyl (C=O) groups is 2. The van der Waals surface area contributed by atoms with Crippen LogP contribution in [0.1, 0.15) is 36.1 Å². The number of aliphatic hydroxyl groups is 1. The van der Waals surface area contributed by atoms with Crippen LogP contribution in [-0.2, 0) is 14.3 Å². The lowest BCUT2D eigenvalue weighted by Gasteiger charge is -2.25. The van der Waals surface area contributed by atoms with Crippen molar-refractivity contribution in [3.8, 4) is 5.75 Å². The summed E-state index contributed by atoms with van der Waals surface area (Å²) in [6, 6.07) is 13.8. The van der Waals surface area contributed by atoms with Crippen LogP contribution in [0.15, 0.2) is 54.1 Å². The molecule has 1 amide bonds. The highest BCUT2D eigenvalue weighted by atomic mass is 16.5. The van der Waals surface area contributed by atoms with Crippen LogP contribution in [-0.4, -0.2) is 48.6 Å². The van der Waals surface area contributed by atoms with Crippen LogP contribution in [0.5, 0.6) is 5.75 Å². The molecule has 1 saturated heterocycles. The van der Waals surface area contributed by atoms with E-state index < -0.39 is 17.7 Å². The lowest BCUT2D eigenvalue weighted by Crippen LogP contribution is -2.31. The average molecular weight is 409 g/mol. The maximum Gasteiger partial charge on any atom is 0.295 e. The molecule has 1 aliphatic heterocycles. The number of nitrogens with zero attached hydrogens (tertiary/aromatic N) is 1. The van der Waals surface area contributed by atoms with Gasteiger partial charge in [-0.05, 0) is 38.0 Å². The smallest absolute Gasteiger partial charge is 0.295 e. The fourth-order valence-corrected chi connectivity index (χ4v) is 3.62. The van der Waals surface area contributed by atoms with E-state index in [2.05, 4.69) is 0 Å². The molecule has 6 nitrogen and oxygen atoms in total. The van der Waals surface area contributed by atoms with Crippen molar-refractivity contribution in [1.29, 1.82) is 0 Å². The molecule has 0 aromatic heterocycles. The summed E-state index contributed by atoms with van der Waals surface area (Å²) in [4.78, 5) is 27.2. The van der Waals surface area contributed by atoms with E-state index in [-0.39, 0.29) is 11.3 Å². The first-order chi connectivity index (χ1) is 14.5. The van der Waals surface area contributed by atoms with Gasteiger partial charge in [0.2, 0.25) is 0 Å². The molecular formula is C24H27NO5. The van der Waals surface area contributed by atoms with Gasteiger partial charge in [-0.15, -0.1) is 0 Å². The van der Waals surface area contributed by atoms with Gasteiger partial charge in [-0.1, -0.05) is 42.0 Å². The molecule has 1 heterocycles. The molecular weight excluding hydrogens is 382 g/mol. The maximum absolute atomic E-state index is 12.9. The van der Waals surface area contributed by atoms with Gasteiger partial charge in [-0.2, -0.15) is 0 Å². The van der Waals surface area contributed by atoms with E-state index in [0.717, 1.165) is 11.1 Å². The molecule has 0 unspecified atom stereocenters. The summed E-state index contributed by atoms with van der Waals surface area (Å²) in [5, 5.41) is 11.0. The van der Waals surface area contributed by atoms with Gasteiger partial charge in [-0.25, -0.2) is 0 Å². The number of Topliss-reactive ketones (excluding diaryl/α,β-unsaturated/α-hetero) is 1. The zero-order valence-electron chi connectivity index (χ0n) is 17.6. The van der Waals surface area contributed by atoms with Gasteiger partial charge in [0.25, 0.3) is 11.7 Å². The Balaban J connectivity index is 2.07. The van der Waals surface area contributed by atoms with Crippen molar-refractivity contribution in [3.63, 3.8) is 0 Å². The molecule has 158 valence electrons. The van der Waals surface area contributed by atoms with E-state index in [9.17, 15) is 14.7 Å². The Morgan fingerprint density at radius 1 is 1.07 bits per heavy atom. The Hall–Kier alpha value is -3.12. The predicted molar refractivity (Wildman–Crippen MR) is 114 cm³/mol. The fourth-order valence-electron chi connectivity index (χ4n) is 3.62. The fraction of sp³-hybridized carbons (Fsp3) is 0.333. The van der Waals surface area contributed by atoms with E-state index in [1.165, 1.54) is 4.90 Å². The number of hydrogen-bond acceptors (Lipinski definition) is 5. The van der Waals surface area contributed by atoms with Crippen molar-refractivity contribution in [3.05, 3.63) is 70.8 Å². The van der Waals surface area contributed by atoms with Crippen LogP contribution in [0, 0.1) is 6.92 Å². The zero-order chi connectivity index (χ0) is 21.7. The molecule has 1 fully saturated rings. The number of ether oxygens (including phenoxy) is 2. The molecule has 2 aromatic carbocycles. The maximum atomic E-state index is 12.9. The third-order valence-corrected chi connectivity index (χ3v) is 5.12. The summed E-state index contributed by atoms with van der Waals surface area (Å²) in [5.74, 6) is -0.749. The van der Waals surface area contributed by atoms with Crippen LogP contribution in [0.2, 0.25) is 0 Å². The first-order valence-electron chi connectivity index (χ1n) is 10.0. The van der Waals surface area contributed by atoms with E-state index in [4.69, 9.17) is 9.47 Å². The highest BCUT2D eigenvalue weighted by molar-refractivity contribution is 6.46. The van der Waals surface area contributed by atoms with Gasteiger partial charge in [0.15, 0.2) is 0 Å². The monoisotopic (exact) mass is 409 g/mol. The summed E-state index contributed by atoms with van der Waals surface area (Å²) in [6.45, 7) is 5.21. The van der Waals surface area contributed by atoms with Crippen LogP contribution in [0.25, 0.3) is 5.76 Å². The molecule has 30 heavy (non-hydrogen) atoms. The van der Waals surface area contributed by atoms with Gasteiger partial charge in [0.05, 0.1) is 18.2 Å². The number of methoxy groups -OCH3 is 1. The van der Waals surface area contributed by atoms with Gasteiger partial charge in [0.1, 0.15) is 11.5 Å². The number of likely N-dealkylation sites (tertiary alicyclic amines) is 1. The first-order valence-corrected chi connectivity index (χ1v) is 10.0. The number of carbonyl (C=O) groups excluding carboxylic acids is 2. The molecule has 0 spiro atoms. The van der Waals surface area contributed by atoms with Crippen molar-refractivity contribution in [2.24, 2.45) is 0 Å². The average Bonchev–Trinajstić information content (AvgIpc) is 3.00. The van der Waals surface area contributed by atoms with Gasteiger partial charge in [-0.3, -0.25) is 9.59 Å². The summed E-state index contributed by atoms with van der Waals surface area (Å²) in [6.07, 6.45) is 0.585. The van der Waals surface area contributed by atoms with Crippen molar-refractivity contribution in [1.82, 2.24) is 4.90 Å². The van der Waals surface area contributed by atoms with Gasteiger partial charge in [0, 0.05) is 25.8 Å². The molecule has 6 heteroatoms. The van der Waals surface area contributed by atoms with Crippen LogP contribution in [0.4, 0.5) is 0 Å². The number of amides is 1. The quantitative estimate of drug-likeness (QED) is 0.310. The lowest BCUT2D eigenvalue weighted by atomic mass is 9.95. The highest BCUT2D eigenvalue weighted by Crippen LogP contribution is 2.39. The number of benzene rings is 2. The topological polar surface area (TPSA) is 76.1 Å². The zero-order valence-corrected chi connectivity index (χ0v) is 17.6. The Morgan fingerprint density at radius 3 is 2.33 bits per heavy atom. The first kappa shape index (κ1) is 21.6. The second-order valence-corrected chi connectivity index (χ2v) is 7.21. The number of aliphatic hydroxyl groups excluding tert-OH is 1. The van der Waals surface area contributed by atoms with Crippen molar-refractivity contribution >= 4 is 17.4 Å². The van der Waals surface area contributed by atoms with Gasteiger partial charge >= 0.3 is 0 Å². The number of hydrogen-bond donors (Lipinski definition) is 1. The SMILES string of the molecule is CCOc1ccc([C@H]2/C(=C(\O)c3ccc(C)cc3)C(=O)C(=O)N2CCCOC)cc1. The summed E-state index contributed by atoms with van der Waals surface area (Å²) in [7, 11) is 1.59. The van der Waals surface area contributed by atoms with Crippen LogP contribution >= 0.6 is 0 Å². The van der Waals surface area contributed by atoms with Crippen molar-refractivity contribution < 1.29 is 24.2 Å². The summed E-state index contributed by atoms with van der Waals surface area (Å²) < 4.78 is 10.6. The Kier molecular flexibility index (Phi) is 6.90. The molecule has 2 aromatic rings. The Bertz CT molecular complexity index is 931.